The van der Waals surface area contributed by atoms with Crippen LogP contribution in [0.5, 0.6) is 0 Å². The van der Waals surface area contributed by atoms with E-state index in [1.54, 1.807) is 6.92 Å². The van der Waals surface area contributed by atoms with Gasteiger partial charge in [0.2, 0.25) is 5.72 Å². The maximum absolute atomic E-state index is 12.3. The Morgan fingerprint density at radius 1 is 1.32 bits per heavy atom. The van der Waals surface area contributed by atoms with E-state index in [-0.39, 0.29) is 0 Å². The quantitative estimate of drug-likeness (QED) is 0.546. The number of methoxy groups -OCH3 is 1. The summed E-state index contributed by atoms with van der Waals surface area (Å²) in [5, 5.41) is 0. The molecule has 1 rings (SSSR count). The maximum Gasteiger partial charge on any atom is 0.412 e. The zero-order valence-electron chi connectivity index (χ0n) is 11.9. The summed E-state index contributed by atoms with van der Waals surface area (Å²) in [5.41, 5.74) is -1.31. The molecule has 0 aromatic rings. The molecule has 1 aliphatic rings. The summed E-state index contributed by atoms with van der Waals surface area (Å²) in [6.45, 7) is 4.92. The molecule has 0 unspecified atom stereocenters. The smallest absolute Gasteiger partial charge is 0.412 e. The summed E-state index contributed by atoms with van der Waals surface area (Å²) >= 11 is 0. The van der Waals surface area contributed by atoms with E-state index < -0.39 is 17.8 Å². The zero-order valence-corrected chi connectivity index (χ0v) is 11.9. The minimum Gasteiger partial charge on any atom is -0.462 e. The van der Waals surface area contributed by atoms with Crippen LogP contribution in [0.25, 0.3) is 0 Å². The highest BCUT2D eigenvalue weighted by Gasteiger charge is 2.53. The summed E-state index contributed by atoms with van der Waals surface area (Å²) in [7, 11) is 1.29. The van der Waals surface area contributed by atoms with E-state index in [9.17, 15) is 9.59 Å². The van der Waals surface area contributed by atoms with Gasteiger partial charge in [0.1, 0.15) is 0 Å². The largest absolute Gasteiger partial charge is 0.462 e. The van der Waals surface area contributed by atoms with Gasteiger partial charge in [-0.3, -0.25) is 4.90 Å². The van der Waals surface area contributed by atoms with Crippen LogP contribution >= 0.6 is 0 Å². The molecule has 0 saturated carbocycles. The molecule has 110 valence electrons. The molecule has 1 atom stereocenters. The molecule has 1 heterocycles. The predicted octanol–water partition coefficient (Wildman–Crippen LogP) is 1.92. The van der Waals surface area contributed by atoms with E-state index in [1.165, 1.54) is 12.0 Å². The number of esters is 1. The van der Waals surface area contributed by atoms with Crippen molar-refractivity contribution < 1.29 is 23.8 Å². The number of carbonyl (C=O) groups excluding carboxylic acids is 2. The number of ether oxygens (including phenoxy) is 3. The van der Waals surface area contributed by atoms with Crippen molar-refractivity contribution in [1.82, 2.24) is 4.90 Å². The molecule has 19 heavy (non-hydrogen) atoms. The fourth-order valence-corrected chi connectivity index (χ4v) is 2.22. The van der Waals surface area contributed by atoms with Crippen LogP contribution in [0.1, 0.15) is 39.5 Å². The van der Waals surface area contributed by atoms with Gasteiger partial charge >= 0.3 is 12.1 Å². The Morgan fingerprint density at radius 3 is 2.63 bits per heavy atom. The monoisotopic (exact) mass is 273 g/mol. The van der Waals surface area contributed by atoms with Gasteiger partial charge in [0.25, 0.3) is 0 Å². The topological polar surface area (TPSA) is 65.1 Å². The van der Waals surface area contributed by atoms with Gasteiger partial charge in [0, 0.05) is 19.6 Å². The Balaban J connectivity index is 2.82. The molecule has 6 heteroatoms. The zero-order chi connectivity index (χ0) is 14.3. The highest BCUT2D eigenvalue weighted by molar-refractivity contribution is 5.85. The van der Waals surface area contributed by atoms with Crippen LogP contribution < -0.4 is 0 Å². The first-order valence-electron chi connectivity index (χ1n) is 6.79. The number of unbranched alkanes of at least 4 members (excludes halogenated alkanes) is 1. The summed E-state index contributed by atoms with van der Waals surface area (Å²) in [4.78, 5) is 25.3. The third-order valence-electron chi connectivity index (χ3n) is 3.16. The van der Waals surface area contributed by atoms with Gasteiger partial charge in [-0.1, -0.05) is 13.3 Å². The fourth-order valence-electron chi connectivity index (χ4n) is 2.22. The van der Waals surface area contributed by atoms with Gasteiger partial charge in [-0.15, -0.1) is 0 Å². The van der Waals surface area contributed by atoms with E-state index in [0.29, 0.717) is 32.6 Å². The first kappa shape index (κ1) is 15.8. The average Bonchev–Trinajstić information content (AvgIpc) is 2.83. The number of carbonyl (C=O) groups is 2. The molecule has 0 N–H and O–H groups in total. The number of hydrogen-bond acceptors (Lipinski definition) is 5. The first-order chi connectivity index (χ1) is 9.12. The normalized spacial score (nSPS) is 22.4. The molecule has 1 amide bonds. The predicted molar refractivity (Wildman–Crippen MR) is 68.6 cm³/mol. The van der Waals surface area contributed by atoms with Crippen LogP contribution in [-0.4, -0.2) is 49.6 Å². The molecule has 0 aromatic carbocycles. The second-order valence-electron chi connectivity index (χ2n) is 4.43. The van der Waals surface area contributed by atoms with Crippen LogP contribution in [0.15, 0.2) is 0 Å². The number of nitrogens with zero attached hydrogens (tertiary/aromatic N) is 1. The maximum atomic E-state index is 12.3. The lowest BCUT2D eigenvalue weighted by Crippen LogP contribution is -2.55. The third-order valence-corrected chi connectivity index (χ3v) is 3.16. The van der Waals surface area contributed by atoms with Crippen molar-refractivity contribution in [2.45, 2.75) is 45.3 Å². The van der Waals surface area contributed by atoms with Crippen molar-refractivity contribution >= 4 is 12.1 Å². The second kappa shape index (κ2) is 7.33. The Kier molecular flexibility index (Phi) is 6.08. The molecule has 6 nitrogen and oxygen atoms in total. The van der Waals surface area contributed by atoms with Crippen molar-refractivity contribution in [3.63, 3.8) is 0 Å². The van der Waals surface area contributed by atoms with Crippen LogP contribution in [0, 0.1) is 0 Å². The van der Waals surface area contributed by atoms with E-state index in [4.69, 9.17) is 14.2 Å². The van der Waals surface area contributed by atoms with E-state index in [1.807, 2.05) is 6.92 Å². The summed E-state index contributed by atoms with van der Waals surface area (Å²) in [6, 6.07) is 0. The molecule has 1 saturated heterocycles. The lowest BCUT2D eigenvalue weighted by molar-refractivity contribution is -0.191. The molecule has 1 fully saturated rings. The van der Waals surface area contributed by atoms with Gasteiger partial charge in [-0.05, 0) is 19.8 Å². The molecule has 0 radical (unpaired) electrons. The highest BCUT2D eigenvalue weighted by Crippen LogP contribution is 2.32. The van der Waals surface area contributed by atoms with E-state index >= 15 is 0 Å². The highest BCUT2D eigenvalue weighted by atomic mass is 16.6. The van der Waals surface area contributed by atoms with E-state index in [2.05, 4.69) is 0 Å². The summed E-state index contributed by atoms with van der Waals surface area (Å²) < 4.78 is 15.5. The van der Waals surface area contributed by atoms with Crippen molar-refractivity contribution in [3.05, 3.63) is 0 Å². The second-order valence-corrected chi connectivity index (χ2v) is 4.43. The Hall–Kier alpha value is -1.30. The Labute approximate surface area is 114 Å². The van der Waals surface area contributed by atoms with Crippen LogP contribution in [-0.2, 0) is 19.0 Å². The first-order valence-corrected chi connectivity index (χ1v) is 6.79. The molecule has 1 aliphatic heterocycles. The Morgan fingerprint density at radius 2 is 2.05 bits per heavy atom. The van der Waals surface area contributed by atoms with Crippen LogP contribution in [0.3, 0.4) is 0 Å². The van der Waals surface area contributed by atoms with Crippen LogP contribution in [0.2, 0.25) is 0 Å². The molecule has 0 aromatic heterocycles. The lowest BCUT2D eigenvalue weighted by Gasteiger charge is -2.34. The fraction of sp³-hybridized carbons (Fsp3) is 0.846. The number of rotatable bonds is 6. The number of amides is 1. The lowest BCUT2D eigenvalue weighted by atomic mass is 10.1. The molecule has 0 bridgehead atoms. The summed E-state index contributed by atoms with van der Waals surface area (Å²) in [5.74, 6) is -0.495. The SMILES string of the molecule is CCCCOC(=O)[C@]1(OCC)CCCN1C(=O)OC. The standard InChI is InChI=1S/C13H23NO5/c1-4-6-10-18-11(15)13(19-5-2)8-7-9-14(13)12(16)17-3/h4-10H2,1-3H3/t13-/m1/s1. The average molecular weight is 273 g/mol. The van der Waals surface area contributed by atoms with Gasteiger partial charge in [-0.2, -0.15) is 0 Å². The van der Waals surface area contributed by atoms with E-state index in [0.717, 1.165) is 12.8 Å². The van der Waals surface area contributed by atoms with Crippen molar-refractivity contribution in [3.8, 4) is 0 Å². The number of likely N-dealkylation sites (tertiary alicyclic amines) is 1. The minimum atomic E-state index is -1.31. The van der Waals surface area contributed by atoms with Gasteiger partial charge in [-0.25, -0.2) is 9.59 Å². The molecule has 0 aliphatic carbocycles. The van der Waals surface area contributed by atoms with Gasteiger partial charge < -0.3 is 14.2 Å². The van der Waals surface area contributed by atoms with Crippen molar-refractivity contribution in [1.29, 1.82) is 0 Å². The number of hydrogen-bond donors (Lipinski definition) is 0. The molecular weight excluding hydrogens is 250 g/mol. The van der Waals surface area contributed by atoms with Gasteiger partial charge in [0.15, 0.2) is 0 Å². The van der Waals surface area contributed by atoms with Crippen molar-refractivity contribution in [2.24, 2.45) is 0 Å². The van der Waals surface area contributed by atoms with Crippen LogP contribution in [0.4, 0.5) is 4.79 Å². The molecule has 0 spiro atoms. The van der Waals surface area contributed by atoms with Crippen molar-refractivity contribution in [2.75, 3.05) is 26.9 Å². The Bertz CT molecular complexity index is 320. The summed E-state index contributed by atoms with van der Waals surface area (Å²) in [6.07, 6.45) is 2.32. The third kappa shape index (κ3) is 3.37. The molecular formula is C13H23NO5. The van der Waals surface area contributed by atoms with Gasteiger partial charge in [0.05, 0.1) is 13.7 Å². The minimum absolute atomic E-state index is 0.330.